The minimum atomic E-state index is 0.993. The summed E-state index contributed by atoms with van der Waals surface area (Å²) in [5, 5.41) is 0. The van der Waals surface area contributed by atoms with E-state index in [0.29, 0.717) is 0 Å². The van der Waals surface area contributed by atoms with Crippen LogP contribution in [0.1, 0.15) is 11.1 Å². The Morgan fingerprint density at radius 3 is 2.70 bits per heavy atom. The zero-order chi connectivity index (χ0) is 7.56. The SMILES string of the molecule is C#Cc1cccc(I)c1C. The van der Waals surface area contributed by atoms with Crippen molar-refractivity contribution in [2.75, 3.05) is 0 Å². The van der Waals surface area contributed by atoms with Crippen LogP contribution < -0.4 is 0 Å². The van der Waals surface area contributed by atoms with Crippen molar-refractivity contribution in [2.45, 2.75) is 6.92 Å². The van der Waals surface area contributed by atoms with Gasteiger partial charge >= 0.3 is 0 Å². The van der Waals surface area contributed by atoms with Gasteiger partial charge in [0, 0.05) is 9.13 Å². The zero-order valence-electron chi connectivity index (χ0n) is 5.69. The Morgan fingerprint density at radius 2 is 2.20 bits per heavy atom. The predicted molar refractivity (Wildman–Crippen MR) is 51.8 cm³/mol. The maximum Gasteiger partial charge on any atom is 0.0282 e. The largest absolute Gasteiger partial charge is 0.115 e. The summed E-state index contributed by atoms with van der Waals surface area (Å²) in [4.78, 5) is 0. The lowest BCUT2D eigenvalue weighted by Crippen LogP contribution is -1.84. The van der Waals surface area contributed by atoms with Gasteiger partial charge in [-0.05, 0) is 47.2 Å². The van der Waals surface area contributed by atoms with Gasteiger partial charge in [-0.25, -0.2) is 0 Å². The molecular formula is C9H7I. The molecule has 0 atom stereocenters. The van der Waals surface area contributed by atoms with Crippen LogP contribution in [0.4, 0.5) is 0 Å². The molecule has 0 heterocycles. The van der Waals surface area contributed by atoms with Gasteiger partial charge in [-0.1, -0.05) is 12.0 Å². The summed E-state index contributed by atoms with van der Waals surface area (Å²) in [6.45, 7) is 2.04. The molecule has 0 fully saturated rings. The Kier molecular flexibility index (Phi) is 2.34. The minimum Gasteiger partial charge on any atom is -0.115 e. The zero-order valence-corrected chi connectivity index (χ0v) is 7.84. The van der Waals surface area contributed by atoms with Crippen LogP contribution >= 0.6 is 22.6 Å². The molecule has 0 saturated heterocycles. The predicted octanol–water partition coefficient (Wildman–Crippen LogP) is 2.58. The molecule has 0 amide bonds. The molecule has 0 aromatic heterocycles. The Bertz CT molecular complexity index is 281. The van der Waals surface area contributed by atoms with E-state index in [0.717, 1.165) is 5.56 Å². The molecule has 10 heavy (non-hydrogen) atoms. The summed E-state index contributed by atoms with van der Waals surface area (Å²) in [6.07, 6.45) is 5.27. The first-order valence-corrected chi connectivity index (χ1v) is 4.05. The first-order valence-electron chi connectivity index (χ1n) is 2.97. The molecule has 50 valence electrons. The topological polar surface area (TPSA) is 0 Å². The van der Waals surface area contributed by atoms with E-state index in [2.05, 4.69) is 34.6 Å². The molecule has 0 saturated carbocycles. The maximum absolute atomic E-state index is 5.27. The molecule has 1 rings (SSSR count). The highest BCUT2D eigenvalue weighted by molar-refractivity contribution is 14.1. The molecule has 0 nitrogen and oxygen atoms in total. The van der Waals surface area contributed by atoms with Crippen LogP contribution in [-0.2, 0) is 0 Å². The number of rotatable bonds is 0. The fourth-order valence-corrected chi connectivity index (χ4v) is 1.26. The van der Waals surface area contributed by atoms with Gasteiger partial charge in [0.15, 0.2) is 0 Å². The average Bonchev–Trinajstić information content (AvgIpc) is 1.95. The molecule has 1 heteroatoms. The van der Waals surface area contributed by atoms with Gasteiger partial charge in [-0.2, -0.15) is 0 Å². The van der Waals surface area contributed by atoms with Crippen molar-refractivity contribution in [1.82, 2.24) is 0 Å². The van der Waals surface area contributed by atoms with Crippen molar-refractivity contribution < 1.29 is 0 Å². The average molecular weight is 242 g/mol. The van der Waals surface area contributed by atoms with Crippen molar-refractivity contribution in [3.8, 4) is 12.3 Å². The van der Waals surface area contributed by atoms with Crippen LogP contribution in [0.2, 0.25) is 0 Å². The van der Waals surface area contributed by atoms with Crippen LogP contribution in [-0.4, -0.2) is 0 Å². The van der Waals surface area contributed by atoms with Gasteiger partial charge in [-0.15, -0.1) is 6.42 Å². The van der Waals surface area contributed by atoms with E-state index in [9.17, 15) is 0 Å². The molecule has 0 bridgehead atoms. The van der Waals surface area contributed by atoms with E-state index in [-0.39, 0.29) is 0 Å². The summed E-state index contributed by atoms with van der Waals surface area (Å²) in [7, 11) is 0. The van der Waals surface area contributed by atoms with Crippen LogP contribution in [0, 0.1) is 22.8 Å². The smallest absolute Gasteiger partial charge is 0.0282 e. The fourth-order valence-electron chi connectivity index (χ4n) is 0.764. The van der Waals surface area contributed by atoms with Gasteiger partial charge in [0.1, 0.15) is 0 Å². The number of hydrogen-bond donors (Lipinski definition) is 0. The summed E-state index contributed by atoms with van der Waals surface area (Å²) < 4.78 is 1.23. The van der Waals surface area contributed by atoms with Crippen LogP contribution in [0.15, 0.2) is 18.2 Å². The minimum absolute atomic E-state index is 0.993. The molecule has 0 spiro atoms. The van der Waals surface area contributed by atoms with E-state index in [1.807, 2.05) is 19.1 Å². The van der Waals surface area contributed by atoms with Gasteiger partial charge in [-0.3, -0.25) is 0 Å². The normalized spacial score (nSPS) is 8.90. The Balaban J connectivity index is 3.31. The van der Waals surface area contributed by atoms with E-state index >= 15 is 0 Å². The van der Waals surface area contributed by atoms with Crippen molar-refractivity contribution in [1.29, 1.82) is 0 Å². The third-order valence-electron chi connectivity index (χ3n) is 1.42. The number of terminal acetylenes is 1. The molecule has 0 N–H and O–H groups in total. The second-order valence-corrected chi connectivity index (χ2v) is 3.22. The molecule has 0 aliphatic carbocycles. The van der Waals surface area contributed by atoms with Gasteiger partial charge < -0.3 is 0 Å². The summed E-state index contributed by atoms with van der Waals surface area (Å²) in [5.74, 6) is 2.63. The lowest BCUT2D eigenvalue weighted by molar-refractivity contribution is 1.40. The van der Waals surface area contributed by atoms with Gasteiger partial charge in [0.2, 0.25) is 0 Å². The monoisotopic (exact) mass is 242 g/mol. The van der Waals surface area contributed by atoms with Gasteiger partial charge in [0.05, 0.1) is 0 Å². The second-order valence-electron chi connectivity index (χ2n) is 2.06. The lowest BCUT2D eigenvalue weighted by atomic mass is 10.1. The molecule has 0 aliphatic heterocycles. The molecule has 0 unspecified atom stereocenters. The highest BCUT2D eigenvalue weighted by atomic mass is 127. The fraction of sp³-hybridized carbons (Fsp3) is 0.111. The second kappa shape index (κ2) is 3.07. The third kappa shape index (κ3) is 1.32. The van der Waals surface area contributed by atoms with Crippen molar-refractivity contribution >= 4 is 22.6 Å². The van der Waals surface area contributed by atoms with Crippen molar-refractivity contribution in [3.05, 3.63) is 32.9 Å². The van der Waals surface area contributed by atoms with Crippen molar-refractivity contribution in [3.63, 3.8) is 0 Å². The summed E-state index contributed by atoms with van der Waals surface area (Å²) >= 11 is 2.28. The van der Waals surface area contributed by atoms with E-state index in [1.165, 1.54) is 9.13 Å². The van der Waals surface area contributed by atoms with Crippen LogP contribution in [0.25, 0.3) is 0 Å². The van der Waals surface area contributed by atoms with Crippen molar-refractivity contribution in [2.24, 2.45) is 0 Å². The Hall–Kier alpha value is -0.490. The number of halogens is 1. The lowest BCUT2D eigenvalue weighted by Gasteiger charge is -1.98. The standard InChI is InChI=1S/C9H7I/c1-3-8-5-4-6-9(10)7(8)2/h1,4-6H,2H3. The van der Waals surface area contributed by atoms with E-state index in [1.54, 1.807) is 0 Å². The van der Waals surface area contributed by atoms with E-state index < -0.39 is 0 Å². The molecule has 1 aromatic rings. The summed E-state index contributed by atoms with van der Waals surface area (Å²) in [6, 6.07) is 5.98. The summed E-state index contributed by atoms with van der Waals surface area (Å²) in [5.41, 5.74) is 2.19. The first-order chi connectivity index (χ1) is 4.75. The van der Waals surface area contributed by atoms with Crippen LogP contribution in [0.5, 0.6) is 0 Å². The number of benzene rings is 1. The molecular weight excluding hydrogens is 235 g/mol. The van der Waals surface area contributed by atoms with Gasteiger partial charge in [0.25, 0.3) is 0 Å². The highest BCUT2D eigenvalue weighted by Gasteiger charge is 1.96. The Morgan fingerprint density at radius 1 is 1.50 bits per heavy atom. The maximum atomic E-state index is 5.27. The molecule has 1 aromatic carbocycles. The van der Waals surface area contributed by atoms with Crippen LogP contribution in [0.3, 0.4) is 0 Å². The first kappa shape index (κ1) is 7.62. The van der Waals surface area contributed by atoms with E-state index in [4.69, 9.17) is 6.42 Å². The Labute approximate surface area is 74.8 Å². The number of hydrogen-bond acceptors (Lipinski definition) is 0. The highest BCUT2D eigenvalue weighted by Crippen LogP contribution is 2.14. The quantitative estimate of drug-likeness (QED) is 0.484. The molecule has 0 aliphatic rings. The molecule has 0 radical (unpaired) electrons. The third-order valence-corrected chi connectivity index (χ3v) is 2.59.